The minimum Gasteiger partial charge on any atom is -0.383 e. The van der Waals surface area contributed by atoms with Crippen LogP contribution in [0.5, 0.6) is 0 Å². The normalized spacial score (nSPS) is 12.2. The third-order valence-corrected chi connectivity index (χ3v) is 5.85. The molecule has 0 fully saturated rings. The molecule has 1 N–H and O–H groups in total. The molecule has 3 aromatic heterocycles. The lowest BCUT2D eigenvalue weighted by Gasteiger charge is -2.13. The number of ketones is 1. The minimum atomic E-state index is 0.172. The van der Waals surface area contributed by atoms with Crippen LogP contribution in [0.2, 0.25) is 0 Å². The van der Waals surface area contributed by atoms with Gasteiger partial charge in [-0.25, -0.2) is 4.68 Å². The van der Waals surface area contributed by atoms with Crippen molar-refractivity contribution in [3.8, 4) is 5.69 Å². The number of carbonyl (C=O) groups excluding carboxylic acids is 1. The van der Waals surface area contributed by atoms with E-state index in [0.717, 1.165) is 33.7 Å². The molecule has 0 unspecified atom stereocenters. The fourth-order valence-corrected chi connectivity index (χ4v) is 4.16. The Balaban J connectivity index is 1.60. The second kappa shape index (κ2) is 11.1. The molecule has 4 aromatic rings. The molecule has 0 saturated heterocycles. The van der Waals surface area contributed by atoms with Crippen molar-refractivity contribution in [2.45, 2.75) is 39.2 Å². The van der Waals surface area contributed by atoms with Crippen LogP contribution in [0.25, 0.3) is 16.6 Å². The van der Waals surface area contributed by atoms with E-state index >= 15 is 0 Å². The van der Waals surface area contributed by atoms with Crippen molar-refractivity contribution >= 4 is 16.7 Å². The highest BCUT2D eigenvalue weighted by Gasteiger charge is 2.17. The van der Waals surface area contributed by atoms with E-state index in [9.17, 15) is 4.79 Å². The topological polar surface area (TPSA) is 81.9 Å². The molecule has 7 nitrogen and oxygen atoms in total. The number of benzene rings is 1. The number of hydrogen-bond donors (Lipinski definition) is 1. The molecular formula is C27H31N5O2. The molecule has 0 aliphatic rings. The number of carbonyl (C=O) groups is 1. The van der Waals surface area contributed by atoms with E-state index in [0.29, 0.717) is 32.5 Å². The molecule has 176 valence electrons. The van der Waals surface area contributed by atoms with Gasteiger partial charge in [0.05, 0.1) is 29.7 Å². The van der Waals surface area contributed by atoms with E-state index in [1.165, 1.54) is 5.56 Å². The summed E-state index contributed by atoms with van der Waals surface area (Å²) in [5.74, 6) is 0.351. The van der Waals surface area contributed by atoms with Gasteiger partial charge in [-0.15, -0.1) is 0 Å². The standard InChI is InChI=1S/C27H31N5O2/c1-19(21-7-5-4-6-8-21)13-25(33)16-23-15-22-17-30-32(24-9-10-29-20(2)14-24)27(22)26(31-23)18-28-11-12-34-3/h4-10,14-15,17,19,28H,11-13,16,18H2,1-3H3/t19-/m0/s1. The van der Waals surface area contributed by atoms with Crippen molar-refractivity contribution in [1.29, 1.82) is 0 Å². The monoisotopic (exact) mass is 457 g/mol. The minimum absolute atomic E-state index is 0.172. The SMILES string of the molecule is COCCNCc1nc(CC(=O)C[C@H](C)c2ccccc2)cc2cnn(-c3ccnc(C)c3)c12. The van der Waals surface area contributed by atoms with Crippen molar-refractivity contribution < 1.29 is 9.53 Å². The molecule has 1 aromatic carbocycles. The van der Waals surface area contributed by atoms with Crippen LogP contribution in [-0.2, 0) is 22.5 Å². The summed E-state index contributed by atoms with van der Waals surface area (Å²) >= 11 is 0. The maximum absolute atomic E-state index is 12.9. The predicted molar refractivity (Wildman–Crippen MR) is 133 cm³/mol. The van der Waals surface area contributed by atoms with Crippen molar-refractivity contribution in [1.82, 2.24) is 25.1 Å². The number of aryl methyl sites for hydroxylation is 1. The van der Waals surface area contributed by atoms with Crippen LogP contribution in [0.15, 0.2) is 60.9 Å². The third kappa shape index (κ3) is 5.73. The summed E-state index contributed by atoms with van der Waals surface area (Å²) < 4.78 is 7.05. The van der Waals surface area contributed by atoms with Crippen molar-refractivity contribution in [3.63, 3.8) is 0 Å². The lowest BCUT2D eigenvalue weighted by molar-refractivity contribution is -0.118. The van der Waals surface area contributed by atoms with Crippen LogP contribution in [-0.4, -0.2) is 45.8 Å². The highest BCUT2D eigenvalue weighted by molar-refractivity contribution is 5.86. The first kappa shape index (κ1) is 23.7. The number of fused-ring (bicyclic) bond motifs is 1. The molecule has 1 atom stereocenters. The van der Waals surface area contributed by atoms with E-state index in [-0.39, 0.29) is 11.7 Å². The summed E-state index contributed by atoms with van der Waals surface area (Å²) in [6, 6.07) is 16.1. The number of nitrogens with one attached hydrogen (secondary N) is 1. The molecule has 0 saturated carbocycles. The molecule has 3 heterocycles. The quantitative estimate of drug-likeness (QED) is 0.341. The summed E-state index contributed by atoms with van der Waals surface area (Å²) in [5, 5.41) is 8.98. The van der Waals surface area contributed by atoms with Crippen LogP contribution < -0.4 is 5.32 Å². The van der Waals surface area contributed by atoms with Gasteiger partial charge in [0, 0.05) is 56.0 Å². The van der Waals surface area contributed by atoms with E-state index < -0.39 is 0 Å². The molecule has 34 heavy (non-hydrogen) atoms. The first-order valence-corrected chi connectivity index (χ1v) is 11.6. The number of ether oxygens (including phenoxy) is 1. The lowest BCUT2D eigenvalue weighted by atomic mass is 9.94. The molecule has 4 rings (SSSR count). The van der Waals surface area contributed by atoms with E-state index in [4.69, 9.17) is 9.72 Å². The van der Waals surface area contributed by atoms with Crippen molar-refractivity contribution in [3.05, 3.63) is 83.6 Å². The summed E-state index contributed by atoms with van der Waals surface area (Å²) in [7, 11) is 1.68. The van der Waals surface area contributed by atoms with Gasteiger partial charge in [-0.3, -0.25) is 14.8 Å². The largest absolute Gasteiger partial charge is 0.383 e. The van der Waals surface area contributed by atoms with E-state index in [1.54, 1.807) is 13.3 Å². The fraction of sp³-hybridized carbons (Fsp3) is 0.333. The molecule has 0 bridgehead atoms. The van der Waals surface area contributed by atoms with Crippen LogP contribution in [0.4, 0.5) is 0 Å². The summed E-state index contributed by atoms with van der Waals surface area (Å²) in [5.41, 5.74) is 5.60. The third-order valence-electron chi connectivity index (χ3n) is 5.85. The average molecular weight is 458 g/mol. The molecule has 7 heteroatoms. The van der Waals surface area contributed by atoms with Gasteiger partial charge in [-0.1, -0.05) is 37.3 Å². The predicted octanol–water partition coefficient (Wildman–Crippen LogP) is 4.17. The lowest BCUT2D eigenvalue weighted by Crippen LogP contribution is -2.20. The Bertz CT molecular complexity index is 1250. The van der Waals surface area contributed by atoms with Gasteiger partial charge in [0.25, 0.3) is 0 Å². The Morgan fingerprint density at radius 2 is 2.00 bits per heavy atom. The number of Topliss-reactive ketones (excluding diaryl/α,β-unsaturated/α-hetero) is 1. The molecule has 0 radical (unpaired) electrons. The van der Waals surface area contributed by atoms with Gasteiger partial charge in [-0.2, -0.15) is 5.10 Å². The number of hydrogen-bond acceptors (Lipinski definition) is 6. The Hall–Kier alpha value is -3.42. The van der Waals surface area contributed by atoms with Crippen molar-refractivity contribution in [2.24, 2.45) is 0 Å². The first-order chi connectivity index (χ1) is 16.5. The van der Waals surface area contributed by atoms with Gasteiger partial charge in [-0.05, 0) is 36.6 Å². The zero-order chi connectivity index (χ0) is 23.9. The van der Waals surface area contributed by atoms with E-state index in [2.05, 4.69) is 34.5 Å². The summed E-state index contributed by atoms with van der Waals surface area (Å²) in [6.45, 7) is 5.93. The number of rotatable bonds is 11. The highest BCUT2D eigenvalue weighted by Crippen LogP contribution is 2.24. The number of nitrogens with zero attached hydrogens (tertiary/aromatic N) is 4. The van der Waals surface area contributed by atoms with E-state index in [1.807, 2.05) is 54.2 Å². The number of pyridine rings is 2. The summed E-state index contributed by atoms with van der Waals surface area (Å²) in [4.78, 5) is 22.1. The second-order valence-electron chi connectivity index (χ2n) is 8.61. The Kier molecular flexibility index (Phi) is 7.77. The molecular weight excluding hydrogens is 426 g/mol. The zero-order valence-corrected chi connectivity index (χ0v) is 20.0. The van der Waals surface area contributed by atoms with Gasteiger partial charge < -0.3 is 10.1 Å². The Morgan fingerprint density at radius 1 is 1.18 bits per heavy atom. The fourth-order valence-electron chi connectivity index (χ4n) is 4.16. The Morgan fingerprint density at radius 3 is 2.76 bits per heavy atom. The number of aromatic nitrogens is 4. The first-order valence-electron chi connectivity index (χ1n) is 11.6. The summed E-state index contributed by atoms with van der Waals surface area (Å²) in [6.07, 6.45) is 4.41. The molecule has 0 amide bonds. The van der Waals surface area contributed by atoms with Crippen LogP contribution in [0.1, 0.15) is 41.9 Å². The van der Waals surface area contributed by atoms with Gasteiger partial charge in [0.2, 0.25) is 0 Å². The van der Waals surface area contributed by atoms with Crippen LogP contribution in [0, 0.1) is 6.92 Å². The smallest absolute Gasteiger partial charge is 0.139 e. The highest BCUT2D eigenvalue weighted by atomic mass is 16.5. The molecule has 0 aliphatic carbocycles. The van der Waals surface area contributed by atoms with Gasteiger partial charge in [0.1, 0.15) is 5.78 Å². The van der Waals surface area contributed by atoms with Crippen LogP contribution >= 0.6 is 0 Å². The maximum Gasteiger partial charge on any atom is 0.139 e. The Labute approximate surface area is 200 Å². The second-order valence-corrected chi connectivity index (χ2v) is 8.61. The van der Waals surface area contributed by atoms with Crippen LogP contribution in [0.3, 0.4) is 0 Å². The molecule has 0 aliphatic heterocycles. The zero-order valence-electron chi connectivity index (χ0n) is 20.0. The van der Waals surface area contributed by atoms with Gasteiger partial charge >= 0.3 is 0 Å². The van der Waals surface area contributed by atoms with Gasteiger partial charge in [0.15, 0.2) is 0 Å². The number of methoxy groups -OCH3 is 1. The van der Waals surface area contributed by atoms with Crippen molar-refractivity contribution in [2.75, 3.05) is 20.3 Å². The maximum atomic E-state index is 12.9. The molecule has 0 spiro atoms. The average Bonchev–Trinajstić information content (AvgIpc) is 3.26.